The molecule has 168 valence electrons. The van der Waals surface area contributed by atoms with E-state index in [0.717, 1.165) is 49.6 Å². The largest absolute Gasteiger partial charge is 0.342 e. The van der Waals surface area contributed by atoms with Gasteiger partial charge in [0.15, 0.2) is 0 Å². The monoisotopic (exact) mass is 433 g/mol. The number of hydrogen-bond donors (Lipinski definition) is 1. The predicted octanol–water partition coefficient (Wildman–Crippen LogP) is 2.48. The lowest BCUT2D eigenvalue weighted by molar-refractivity contribution is -0.132. The predicted molar refractivity (Wildman–Crippen MR) is 120 cm³/mol. The van der Waals surface area contributed by atoms with Crippen molar-refractivity contribution >= 4 is 5.91 Å². The van der Waals surface area contributed by atoms with Crippen LogP contribution in [0, 0.1) is 17.8 Å². The van der Waals surface area contributed by atoms with Crippen LogP contribution in [0.3, 0.4) is 0 Å². The van der Waals surface area contributed by atoms with Gasteiger partial charge in [-0.1, -0.05) is 18.9 Å². The minimum absolute atomic E-state index is 0.00372. The van der Waals surface area contributed by atoms with Crippen molar-refractivity contribution in [3.05, 3.63) is 57.5 Å². The second-order valence-electron chi connectivity index (χ2n) is 10.1. The minimum atomic E-state index is 0.00372. The number of amides is 1. The van der Waals surface area contributed by atoms with Crippen LogP contribution < -0.4 is 5.56 Å². The van der Waals surface area contributed by atoms with Crippen LogP contribution >= 0.6 is 0 Å². The van der Waals surface area contributed by atoms with E-state index in [2.05, 4.69) is 20.9 Å². The van der Waals surface area contributed by atoms with Crippen LogP contribution in [-0.2, 0) is 24.3 Å². The van der Waals surface area contributed by atoms with E-state index < -0.39 is 0 Å². The zero-order valence-corrected chi connectivity index (χ0v) is 18.5. The van der Waals surface area contributed by atoms with Crippen molar-refractivity contribution in [2.24, 2.45) is 17.8 Å². The van der Waals surface area contributed by atoms with Gasteiger partial charge in [-0.05, 0) is 49.1 Å². The van der Waals surface area contributed by atoms with Gasteiger partial charge in [0.25, 0.3) is 5.56 Å². The number of carbonyl (C=O) groups excluding carboxylic acids is 1. The molecule has 7 nitrogen and oxygen atoms in total. The molecule has 6 rings (SSSR count). The van der Waals surface area contributed by atoms with Crippen LogP contribution in [0.1, 0.15) is 60.7 Å². The molecule has 2 saturated carbocycles. The summed E-state index contributed by atoms with van der Waals surface area (Å²) >= 11 is 0. The van der Waals surface area contributed by atoms with Gasteiger partial charge in [0.2, 0.25) is 5.91 Å². The van der Waals surface area contributed by atoms with E-state index in [9.17, 15) is 9.59 Å². The molecule has 0 unspecified atom stereocenters. The molecule has 3 atom stereocenters. The highest BCUT2D eigenvalue weighted by atomic mass is 16.2. The summed E-state index contributed by atoms with van der Waals surface area (Å²) in [4.78, 5) is 42.5. The number of nitrogens with zero attached hydrogens (tertiary/aromatic N) is 4. The molecule has 2 aromatic rings. The summed E-state index contributed by atoms with van der Waals surface area (Å²) in [5.74, 6) is 2.80. The van der Waals surface area contributed by atoms with E-state index in [1.807, 2.05) is 17.2 Å². The number of pyridine rings is 1. The normalized spacial score (nSPS) is 29.4. The first kappa shape index (κ1) is 20.1. The van der Waals surface area contributed by atoms with Crippen molar-refractivity contribution in [3.8, 4) is 0 Å². The van der Waals surface area contributed by atoms with Crippen LogP contribution in [0.5, 0.6) is 0 Å². The number of fused-ring (bicyclic) bond motifs is 2. The lowest BCUT2D eigenvalue weighted by Gasteiger charge is -2.28. The molecule has 2 aliphatic heterocycles. The first-order valence-electron chi connectivity index (χ1n) is 12.2. The lowest BCUT2D eigenvalue weighted by atomic mass is 10.0. The van der Waals surface area contributed by atoms with E-state index in [1.54, 1.807) is 6.20 Å². The molecule has 0 spiro atoms. The number of carbonyl (C=O) groups is 1. The lowest BCUT2D eigenvalue weighted by Crippen LogP contribution is -2.36. The van der Waals surface area contributed by atoms with Crippen LogP contribution in [0.4, 0.5) is 0 Å². The Hall–Kier alpha value is -2.54. The molecule has 0 bridgehead atoms. The van der Waals surface area contributed by atoms with Crippen molar-refractivity contribution in [1.29, 1.82) is 0 Å². The molecule has 4 aliphatic rings. The third kappa shape index (κ3) is 3.66. The average Bonchev–Trinajstić information content (AvgIpc) is 3.33. The first-order valence-corrected chi connectivity index (χ1v) is 12.2. The fourth-order valence-corrected chi connectivity index (χ4v) is 6.34. The van der Waals surface area contributed by atoms with Gasteiger partial charge in [-0.25, -0.2) is 4.98 Å². The number of likely N-dealkylation sites (tertiary alicyclic amines) is 1. The highest BCUT2D eigenvalue weighted by Gasteiger charge is 2.56. The summed E-state index contributed by atoms with van der Waals surface area (Å²) in [7, 11) is 0. The number of nitrogens with one attached hydrogen (secondary N) is 1. The van der Waals surface area contributed by atoms with E-state index in [1.165, 1.54) is 31.2 Å². The smallest absolute Gasteiger partial charge is 0.254 e. The standard InChI is InChI=1S/C25H31N5O2/c31-24-20-8-10-29(13-16-4-3-9-26-12-16)15-21(20)27-23(28-24)17-7-11-30(14-17)25(32)22-18-5-1-2-6-19(18)22/h3-4,9,12,17-19,22H,1-2,5-8,10-11,13-15H2,(H,27,28,31)/t17-,18+,19+/m1/s1. The number of rotatable bonds is 4. The Kier molecular flexibility index (Phi) is 5.09. The number of H-pyrrole nitrogens is 1. The van der Waals surface area contributed by atoms with Crippen molar-refractivity contribution in [2.75, 3.05) is 19.6 Å². The van der Waals surface area contributed by atoms with Gasteiger partial charge in [-0.2, -0.15) is 0 Å². The van der Waals surface area contributed by atoms with Gasteiger partial charge in [-0.3, -0.25) is 19.5 Å². The quantitative estimate of drug-likeness (QED) is 0.801. The van der Waals surface area contributed by atoms with Gasteiger partial charge in [0.05, 0.1) is 5.69 Å². The summed E-state index contributed by atoms with van der Waals surface area (Å²) in [6.07, 6.45) is 10.3. The van der Waals surface area contributed by atoms with E-state index in [-0.39, 0.29) is 17.4 Å². The Morgan fingerprint density at radius 2 is 2.00 bits per heavy atom. The van der Waals surface area contributed by atoms with Crippen LogP contribution in [0.15, 0.2) is 29.3 Å². The maximum Gasteiger partial charge on any atom is 0.254 e. The Bertz CT molecular complexity index is 1060. The Morgan fingerprint density at radius 3 is 2.78 bits per heavy atom. The highest BCUT2D eigenvalue weighted by Crippen LogP contribution is 2.56. The molecule has 32 heavy (non-hydrogen) atoms. The Morgan fingerprint density at radius 1 is 1.16 bits per heavy atom. The molecule has 3 fully saturated rings. The van der Waals surface area contributed by atoms with Gasteiger partial charge < -0.3 is 9.88 Å². The van der Waals surface area contributed by atoms with E-state index in [0.29, 0.717) is 30.8 Å². The topological polar surface area (TPSA) is 82.2 Å². The van der Waals surface area contributed by atoms with Crippen molar-refractivity contribution in [2.45, 2.75) is 57.5 Å². The molecule has 2 aromatic heterocycles. The Balaban J connectivity index is 1.15. The Labute approximate surface area is 188 Å². The van der Waals surface area contributed by atoms with E-state index >= 15 is 0 Å². The fraction of sp³-hybridized carbons (Fsp3) is 0.600. The highest BCUT2D eigenvalue weighted by molar-refractivity contribution is 5.82. The molecule has 1 saturated heterocycles. The molecule has 4 heterocycles. The molecular formula is C25H31N5O2. The molecule has 1 amide bonds. The summed E-state index contributed by atoms with van der Waals surface area (Å²) < 4.78 is 0. The van der Waals surface area contributed by atoms with E-state index in [4.69, 9.17) is 4.98 Å². The van der Waals surface area contributed by atoms with Crippen LogP contribution in [-0.4, -0.2) is 50.3 Å². The molecule has 0 aromatic carbocycles. The molecular weight excluding hydrogens is 402 g/mol. The first-order chi connectivity index (χ1) is 15.7. The second kappa shape index (κ2) is 8.10. The molecule has 0 radical (unpaired) electrons. The summed E-state index contributed by atoms with van der Waals surface area (Å²) in [5, 5.41) is 0. The maximum atomic E-state index is 13.1. The van der Waals surface area contributed by atoms with Gasteiger partial charge >= 0.3 is 0 Å². The zero-order valence-electron chi connectivity index (χ0n) is 18.5. The second-order valence-corrected chi connectivity index (χ2v) is 10.1. The minimum Gasteiger partial charge on any atom is -0.342 e. The average molecular weight is 434 g/mol. The van der Waals surface area contributed by atoms with Gasteiger partial charge in [-0.15, -0.1) is 0 Å². The summed E-state index contributed by atoms with van der Waals surface area (Å²) in [6.45, 7) is 3.82. The zero-order chi connectivity index (χ0) is 21.7. The number of hydrogen-bond acceptors (Lipinski definition) is 5. The molecule has 7 heteroatoms. The fourth-order valence-electron chi connectivity index (χ4n) is 6.34. The van der Waals surface area contributed by atoms with Crippen molar-refractivity contribution < 1.29 is 4.79 Å². The summed E-state index contributed by atoms with van der Waals surface area (Å²) in [5.41, 5.74) is 2.90. The maximum absolute atomic E-state index is 13.1. The third-order valence-electron chi connectivity index (χ3n) is 8.13. The van der Waals surface area contributed by atoms with Crippen molar-refractivity contribution in [1.82, 2.24) is 24.8 Å². The van der Waals surface area contributed by atoms with Crippen LogP contribution in [0.2, 0.25) is 0 Å². The summed E-state index contributed by atoms with van der Waals surface area (Å²) in [6, 6.07) is 4.04. The SMILES string of the molecule is O=C(C1[C@H]2CCCC[C@H]12)N1CC[C@@H](c2nc3c(c(=O)[nH]2)CCN(Cc2cccnc2)C3)C1. The number of aromatic amines is 1. The third-order valence-corrected chi connectivity index (χ3v) is 8.13. The van der Waals surface area contributed by atoms with Gasteiger partial charge in [0, 0.05) is 62.5 Å². The van der Waals surface area contributed by atoms with Gasteiger partial charge in [0.1, 0.15) is 5.82 Å². The van der Waals surface area contributed by atoms with Crippen molar-refractivity contribution in [3.63, 3.8) is 0 Å². The molecule has 2 aliphatic carbocycles. The van der Waals surface area contributed by atoms with Crippen LogP contribution in [0.25, 0.3) is 0 Å². The number of aromatic nitrogens is 3. The molecule has 1 N–H and O–H groups in total.